The second-order valence-electron chi connectivity index (χ2n) is 7.75. The van der Waals surface area contributed by atoms with Crippen LogP contribution in [-0.4, -0.2) is 71.9 Å². The van der Waals surface area contributed by atoms with Crippen molar-refractivity contribution in [1.29, 1.82) is 0 Å². The van der Waals surface area contributed by atoms with Crippen LogP contribution < -0.4 is 25.6 Å². The number of rotatable bonds is 6. The van der Waals surface area contributed by atoms with E-state index in [0.29, 0.717) is 50.5 Å². The molecule has 1 saturated heterocycles. The number of aromatic nitrogens is 4. The van der Waals surface area contributed by atoms with Gasteiger partial charge in [-0.1, -0.05) is 6.07 Å². The maximum absolute atomic E-state index is 13.1. The van der Waals surface area contributed by atoms with E-state index in [-0.39, 0.29) is 17.4 Å². The van der Waals surface area contributed by atoms with Crippen LogP contribution in [0.4, 0.5) is 36.4 Å². The smallest absolute Gasteiger partial charge is 0.393 e. The number of ether oxygens (including phenoxy) is 2. The predicted molar refractivity (Wildman–Crippen MR) is 116 cm³/mol. The first-order valence-electron chi connectivity index (χ1n) is 10.5. The molecule has 1 atom stereocenters. The molecule has 10 nitrogen and oxygen atoms in total. The normalized spacial score (nSPS) is 18.1. The lowest BCUT2D eigenvalue weighted by Crippen LogP contribution is -2.38. The van der Waals surface area contributed by atoms with Gasteiger partial charge in [-0.25, -0.2) is 0 Å². The highest BCUT2D eigenvalue weighted by molar-refractivity contribution is 5.80. The number of hydrogen-bond acceptors (Lipinski definition) is 9. The molecule has 0 amide bonds. The number of anilines is 4. The summed E-state index contributed by atoms with van der Waals surface area (Å²) in [5.41, 5.74) is 1.87. The van der Waals surface area contributed by atoms with Crippen molar-refractivity contribution in [3.8, 4) is 5.75 Å². The van der Waals surface area contributed by atoms with E-state index in [2.05, 4.69) is 31.0 Å². The second kappa shape index (κ2) is 8.46. The van der Waals surface area contributed by atoms with E-state index in [1.807, 2.05) is 23.1 Å². The molecule has 1 fully saturated rings. The summed E-state index contributed by atoms with van der Waals surface area (Å²) in [6.07, 6.45) is -4.49. The summed E-state index contributed by atoms with van der Waals surface area (Å²) in [6.45, 7) is 2.49. The average Bonchev–Trinajstić information content (AvgIpc) is 3.40. The fourth-order valence-corrected chi connectivity index (χ4v) is 3.94. The molecular formula is C20H23F3N8O2. The third-order valence-electron chi connectivity index (χ3n) is 5.47. The minimum Gasteiger partial charge on any atom is -0.495 e. The molecule has 1 unspecified atom stereocenters. The van der Waals surface area contributed by atoms with Crippen molar-refractivity contribution in [1.82, 2.24) is 19.6 Å². The van der Waals surface area contributed by atoms with Gasteiger partial charge >= 0.3 is 6.18 Å². The molecule has 33 heavy (non-hydrogen) atoms. The number of nitrogens with zero attached hydrogens (tertiary/aromatic N) is 5. The quantitative estimate of drug-likeness (QED) is 0.508. The standard InChI is InChI=1S/C20H23F3N8O2/c1-32-14-4-2-3-13-16(14)27-15(26-13)11-24-18-29-19(30-5-7-33-8-6-30)28-17-12(9-20(21,22)23)10-25-31(17)18/h2-4,10,15,26-27H,5-9,11H2,1H3,(H,24,28,29). The Morgan fingerprint density at radius 1 is 1.21 bits per heavy atom. The van der Waals surface area contributed by atoms with Gasteiger partial charge in [-0.15, -0.1) is 0 Å². The number of nitrogens with one attached hydrogen (secondary N) is 3. The molecule has 5 rings (SSSR count). The molecule has 0 saturated carbocycles. The van der Waals surface area contributed by atoms with Crippen LogP contribution in [0.3, 0.4) is 0 Å². The van der Waals surface area contributed by atoms with Gasteiger partial charge in [0.25, 0.3) is 0 Å². The Balaban J connectivity index is 1.42. The molecule has 0 spiro atoms. The van der Waals surface area contributed by atoms with Crippen molar-refractivity contribution < 1.29 is 22.6 Å². The van der Waals surface area contributed by atoms with Crippen LogP contribution in [0, 0.1) is 0 Å². The first-order chi connectivity index (χ1) is 15.9. The van der Waals surface area contributed by atoms with Crippen LogP contribution >= 0.6 is 0 Å². The van der Waals surface area contributed by atoms with E-state index >= 15 is 0 Å². The predicted octanol–water partition coefficient (Wildman–Crippen LogP) is 2.35. The first kappa shape index (κ1) is 21.4. The van der Waals surface area contributed by atoms with Crippen LogP contribution in [0.25, 0.3) is 5.65 Å². The van der Waals surface area contributed by atoms with Crippen LogP contribution in [0.15, 0.2) is 24.4 Å². The Labute approximate surface area is 187 Å². The Morgan fingerprint density at radius 3 is 2.79 bits per heavy atom. The minimum atomic E-state index is -4.37. The second-order valence-corrected chi connectivity index (χ2v) is 7.75. The molecule has 4 heterocycles. The topological polar surface area (TPSA) is 101 Å². The molecule has 3 N–H and O–H groups in total. The summed E-state index contributed by atoms with van der Waals surface area (Å²) < 4.78 is 51.4. The summed E-state index contributed by atoms with van der Waals surface area (Å²) in [6, 6.07) is 5.68. The minimum absolute atomic E-state index is 0.00304. The number of halogens is 3. The lowest BCUT2D eigenvalue weighted by atomic mass is 10.2. The van der Waals surface area contributed by atoms with Gasteiger partial charge in [-0.05, 0) is 12.1 Å². The van der Waals surface area contributed by atoms with E-state index in [1.54, 1.807) is 7.11 Å². The molecule has 13 heteroatoms. The van der Waals surface area contributed by atoms with Crippen LogP contribution in [0.2, 0.25) is 0 Å². The Hall–Kier alpha value is -3.48. The van der Waals surface area contributed by atoms with Crippen LogP contribution in [0.1, 0.15) is 5.56 Å². The van der Waals surface area contributed by atoms with Gasteiger partial charge in [0.1, 0.15) is 17.6 Å². The molecule has 0 radical (unpaired) electrons. The van der Waals surface area contributed by atoms with Crippen LogP contribution in [-0.2, 0) is 11.2 Å². The molecule has 176 valence electrons. The zero-order valence-corrected chi connectivity index (χ0v) is 17.8. The van der Waals surface area contributed by atoms with E-state index < -0.39 is 12.6 Å². The van der Waals surface area contributed by atoms with Crippen molar-refractivity contribution in [3.05, 3.63) is 30.0 Å². The number of morpholine rings is 1. The zero-order chi connectivity index (χ0) is 23.0. The number of alkyl halides is 3. The van der Waals surface area contributed by atoms with Crippen molar-refractivity contribution in [2.45, 2.75) is 18.8 Å². The lowest BCUT2D eigenvalue weighted by Gasteiger charge is -2.27. The summed E-state index contributed by atoms with van der Waals surface area (Å²) in [5.74, 6) is 1.36. The fourth-order valence-electron chi connectivity index (χ4n) is 3.94. The van der Waals surface area contributed by atoms with Crippen LogP contribution in [0.5, 0.6) is 5.75 Å². The molecule has 2 aliphatic heterocycles. The third-order valence-corrected chi connectivity index (χ3v) is 5.47. The van der Waals surface area contributed by atoms with E-state index in [1.165, 1.54) is 10.7 Å². The maximum atomic E-state index is 13.1. The molecule has 2 aliphatic rings. The zero-order valence-electron chi connectivity index (χ0n) is 17.8. The third kappa shape index (κ3) is 4.40. The van der Waals surface area contributed by atoms with E-state index in [0.717, 1.165) is 11.4 Å². The molecule has 2 aromatic heterocycles. The maximum Gasteiger partial charge on any atom is 0.393 e. The summed E-state index contributed by atoms with van der Waals surface area (Å²) >= 11 is 0. The fraction of sp³-hybridized carbons (Fsp3) is 0.450. The molecular weight excluding hydrogens is 441 g/mol. The number of para-hydroxylation sites is 1. The van der Waals surface area contributed by atoms with Gasteiger partial charge < -0.3 is 30.3 Å². The highest BCUT2D eigenvalue weighted by atomic mass is 19.4. The highest BCUT2D eigenvalue weighted by Gasteiger charge is 2.31. The largest absolute Gasteiger partial charge is 0.495 e. The molecule has 0 aliphatic carbocycles. The van der Waals surface area contributed by atoms with Gasteiger partial charge in [0.2, 0.25) is 11.9 Å². The Kier molecular flexibility index (Phi) is 5.48. The highest BCUT2D eigenvalue weighted by Crippen LogP contribution is 2.37. The van der Waals surface area contributed by atoms with Gasteiger partial charge in [0, 0.05) is 18.7 Å². The van der Waals surface area contributed by atoms with Crippen molar-refractivity contribution in [3.63, 3.8) is 0 Å². The Bertz CT molecular complexity index is 1150. The van der Waals surface area contributed by atoms with Crippen molar-refractivity contribution >= 4 is 28.9 Å². The van der Waals surface area contributed by atoms with E-state index in [4.69, 9.17) is 9.47 Å². The van der Waals surface area contributed by atoms with Gasteiger partial charge in [0.15, 0.2) is 5.65 Å². The van der Waals surface area contributed by atoms with Crippen molar-refractivity contribution in [2.24, 2.45) is 0 Å². The lowest BCUT2D eigenvalue weighted by molar-refractivity contribution is -0.127. The average molecular weight is 464 g/mol. The van der Waals surface area contributed by atoms with Gasteiger partial charge in [-0.2, -0.15) is 32.8 Å². The van der Waals surface area contributed by atoms with Gasteiger partial charge in [-0.3, -0.25) is 0 Å². The molecule has 3 aromatic rings. The van der Waals surface area contributed by atoms with E-state index in [9.17, 15) is 13.2 Å². The Morgan fingerprint density at radius 2 is 2.03 bits per heavy atom. The number of methoxy groups -OCH3 is 1. The first-order valence-corrected chi connectivity index (χ1v) is 10.5. The molecule has 1 aromatic carbocycles. The summed E-state index contributed by atoms with van der Waals surface area (Å²) in [5, 5.41) is 14.0. The SMILES string of the molecule is COc1cccc2c1NC(CNc1nc(N3CCOCC3)nc3c(CC(F)(F)F)cnn13)N2. The summed E-state index contributed by atoms with van der Waals surface area (Å²) in [4.78, 5) is 10.9. The number of fused-ring (bicyclic) bond motifs is 2. The summed E-state index contributed by atoms with van der Waals surface area (Å²) in [7, 11) is 1.60. The van der Waals surface area contributed by atoms with Crippen molar-refractivity contribution in [2.75, 3.05) is 60.8 Å². The monoisotopic (exact) mass is 464 g/mol. The number of hydrogen-bond donors (Lipinski definition) is 3. The molecule has 0 bridgehead atoms. The van der Waals surface area contributed by atoms with Gasteiger partial charge in [0.05, 0.1) is 45.2 Å². The number of benzene rings is 1.